The lowest BCUT2D eigenvalue weighted by Gasteiger charge is -2.31. The van der Waals surface area contributed by atoms with E-state index in [0.717, 1.165) is 13.1 Å². The van der Waals surface area contributed by atoms with Gasteiger partial charge in [0.1, 0.15) is 0 Å². The van der Waals surface area contributed by atoms with Gasteiger partial charge in [0.05, 0.1) is 31.9 Å². The van der Waals surface area contributed by atoms with Crippen LogP contribution in [-0.2, 0) is 9.53 Å². The molecule has 3 aromatic rings. The summed E-state index contributed by atoms with van der Waals surface area (Å²) in [7, 11) is 1.52. The van der Waals surface area contributed by atoms with E-state index in [1.165, 1.54) is 12.0 Å². The molecular formula is C26H25ClN2O6. The predicted molar refractivity (Wildman–Crippen MR) is 130 cm³/mol. The van der Waals surface area contributed by atoms with E-state index in [0.29, 0.717) is 53.6 Å². The summed E-state index contributed by atoms with van der Waals surface area (Å²) >= 11 is 6.25. The first kappa shape index (κ1) is 23.4. The van der Waals surface area contributed by atoms with Crippen LogP contribution >= 0.6 is 11.6 Å². The molecule has 1 N–H and O–H groups in total. The number of benzene rings is 2. The van der Waals surface area contributed by atoms with Crippen LogP contribution in [0.15, 0.2) is 64.3 Å². The Labute approximate surface area is 207 Å². The highest BCUT2D eigenvalue weighted by molar-refractivity contribution is 6.30. The van der Waals surface area contributed by atoms with Crippen LogP contribution in [0.2, 0.25) is 5.02 Å². The lowest BCUT2D eigenvalue weighted by Crippen LogP contribution is -2.43. The van der Waals surface area contributed by atoms with Gasteiger partial charge >= 0.3 is 0 Å². The third-order valence-electron chi connectivity index (χ3n) is 6.43. The summed E-state index contributed by atoms with van der Waals surface area (Å²) in [5, 5.41) is 12.1. The van der Waals surface area contributed by atoms with Crippen LogP contribution < -0.4 is 4.74 Å². The fraction of sp³-hybridized carbons (Fsp3) is 0.308. The molecule has 182 valence electrons. The number of aliphatic hydroxyl groups excluding tert-OH is 1. The van der Waals surface area contributed by atoms with Crippen molar-refractivity contribution in [2.24, 2.45) is 0 Å². The van der Waals surface area contributed by atoms with E-state index in [4.69, 9.17) is 25.5 Å². The topological polar surface area (TPSA) is 92.5 Å². The number of carbonyl (C=O) groups is 2. The molecule has 1 amide bonds. The van der Waals surface area contributed by atoms with Crippen molar-refractivity contribution in [2.75, 3.05) is 46.5 Å². The minimum atomic E-state index is -0.801. The Kier molecular flexibility index (Phi) is 6.51. The number of morpholine rings is 1. The van der Waals surface area contributed by atoms with Gasteiger partial charge in [-0.2, -0.15) is 0 Å². The molecule has 0 spiro atoms. The largest absolute Gasteiger partial charge is 0.503 e. The Balaban J connectivity index is 1.52. The van der Waals surface area contributed by atoms with E-state index in [1.54, 1.807) is 48.5 Å². The van der Waals surface area contributed by atoms with Gasteiger partial charge in [0.25, 0.3) is 5.91 Å². The zero-order valence-corrected chi connectivity index (χ0v) is 20.0. The average molecular weight is 497 g/mol. The first-order valence-electron chi connectivity index (χ1n) is 11.4. The lowest BCUT2D eigenvalue weighted by atomic mass is 9.95. The Morgan fingerprint density at radius 3 is 2.66 bits per heavy atom. The number of aliphatic hydroxyl groups is 1. The number of carbonyl (C=O) groups excluding carboxylic acids is 2. The van der Waals surface area contributed by atoms with Crippen molar-refractivity contribution in [2.45, 2.75) is 6.04 Å². The van der Waals surface area contributed by atoms with Gasteiger partial charge < -0.3 is 23.9 Å². The fourth-order valence-corrected chi connectivity index (χ4v) is 4.85. The molecule has 8 nitrogen and oxygen atoms in total. The third kappa shape index (κ3) is 4.40. The van der Waals surface area contributed by atoms with Crippen molar-refractivity contribution in [3.8, 4) is 5.75 Å². The maximum atomic E-state index is 13.7. The van der Waals surface area contributed by atoms with E-state index in [2.05, 4.69) is 4.90 Å². The number of halogens is 1. The Hall–Kier alpha value is -3.33. The molecule has 0 radical (unpaired) electrons. The van der Waals surface area contributed by atoms with Crippen molar-refractivity contribution in [1.29, 1.82) is 0 Å². The molecule has 2 aliphatic heterocycles. The number of Topliss-reactive ketones (excluding diaryl/α,β-unsaturated/α-hetero) is 1. The zero-order chi connectivity index (χ0) is 24.5. The maximum Gasteiger partial charge on any atom is 0.290 e. The van der Waals surface area contributed by atoms with E-state index in [-0.39, 0.29) is 11.3 Å². The van der Waals surface area contributed by atoms with Crippen molar-refractivity contribution < 1.29 is 28.6 Å². The van der Waals surface area contributed by atoms with Gasteiger partial charge in [-0.25, -0.2) is 0 Å². The smallest absolute Gasteiger partial charge is 0.290 e. The molecule has 2 aromatic carbocycles. The van der Waals surface area contributed by atoms with E-state index < -0.39 is 23.5 Å². The van der Waals surface area contributed by atoms with Crippen molar-refractivity contribution in [3.05, 3.63) is 76.2 Å². The molecule has 1 aromatic heterocycles. The summed E-state index contributed by atoms with van der Waals surface area (Å²) in [6.07, 6.45) is 0. The molecular weight excluding hydrogens is 472 g/mol. The first-order chi connectivity index (χ1) is 17.0. The number of hydrogen-bond acceptors (Lipinski definition) is 7. The molecule has 0 unspecified atom stereocenters. The van der Waals surface area contributed by atoms with Crippen LogP contribution in [0.5, 0.6) is 5.75 Å². The van der Waals surface area contributed by atoms with E-state index in [9.17, 15) is 14.7 Å². The number of nitrogens with zero attached hydrogens (tertiary/aromatic N) is 2. The highest BCUT2D eigenvalue weighted by Gasteiger charge is 2.44. The number of rotatable bonds is 7. The number of hydrogen-bond donors (Lipinski definition) is 1. The second-order valence-electron chi connectivity index (χ2n) is 8.49. The Morgan fingerprint density at radius 2 is 1.91 bits per heavy atom. The average Bonchev–Trinajstić information content (AvgIpc) is 3.42. The molecule has 35 heavy (non-hydrogen) atoms. The molecule has 1 fully saturated rings. The molecule has 5 rings (SSSR count). The maximum absolute atomic E-state index is 13.7. The fourth-order valence-electron chi connectivity index (χ4n) is 4.66. The van der Waals surface area contributed by atoms with Gasteiger partial charge in [0, 0.05) is 36.6 Å². The molecule has 0 aliphatic carbocycles. The highest BCUT2D eigenvalue weighted by Crippen LogP contribution is 2.40. The van der Waals surface area contributed by atoms with Gasteiger partial charge in [0.2, 0.25) is 5.78 Å². The second kappa shape index (κ2) is 9.73. The summed E-state index contributed by atoms with van der Waals surface area (Å²) in [5.41, 5.74) is 1.03. The SMILES string of the molecule is COc1cccc2cc(C(=O)C3=C(O)C(=O)N(CCN4CCOCC4)[C@H]3c3cccc(Cl)c3)oc12. The minimum Gasteiger partial charge on any atom is -0.503 e. The normalized spacial score (nSPS) is 19.1. The molecule has 0 saturated carbocycles. The van der Waals surface area contributed by atoms with Gasteiger partial charge in [-0.05, 0) is 29.8 Å². The summed E-state index contributed by atoms with van der Waals surface area (Å²) in [5.74, 6) is -1.23. The van der Waals surface area contributed by atoms with Gasteiger partial charge in [0.15, 0.2) is 22.9 Å². The van der Waals surface area contributed by atoms with Crippen LogP contribution in [0.25, 0.3) is 11.0 Å². The number of fused-ring (bicyclic) bond motifs is 1. The summed E-state index contributed by atoms with van der Waals surface area (Å²) in [6, 6.07) is 13.1. The standard InChI is InChI=1S/C26H25ClN2O6/c1-33-19-7-3-5-17-15-20(35-25(17)19)23(30)21-22(16-4-2-6-18(27)14-16)29(26(32)24(21)31)9-8-28-10-12-34-13-11-28/h2-7,14-15,22,31H,8-13H2,1H3/t22-/m0/s1. The van der Waals surface area contributed by atoms with Gasteiger partial charge in [-0.1, -0.05) is 35.9 Å². The molecule has 0 bridgehead atoms. The number of ketones is 1. The van der Waals surface area contributed by atoms with E-state index >= 15 is 0 Å². The summed E-state index contributed by atoms with van der Waals surface area (Å²) in [6.45, 7) is 3.70. The summed E-state index contributed by atoms with van der Waals surface area (Å²) in [4.78, 5) is 30.6. The van der Waals surface area contributed by atoms with Gasteiger partial charge in [-0.15, -0.1) is 0 Å². The van der Waals surface area contributed by atoms with Crippen LogP contribution in [0, 0.1) is 0 Å². The lowest BCUT2D eigenvalue weighted by molar-refractivity contribution is -0.129. The van der Waals surface area contributed by atoms with Crippen LogP contribution in [0.3, 0.4) is 0 Å². The predicted octanol–water partition coefficient (Wildman–Crippen LogP) is 4.01. The second-order valence-corrected chi connectivity index (χ2v) is 8.93. The van der Waals surface area contributed by atoms with Crippen molar-refractivity contribution >= 4 is 34.3 Å². The zero-order valence-electron chi connectivity index (χ0n) is 19.2. The minimum absolute atomic E-state index is 0.0147. The van der Waals surface area contributed by atoms with Crippen LogP contribution in [0.4, 0.5) is 0 Å². The summed E-state index contributed by atoms with van der Waals surface area (Å²) < 4.78 is 16.6. The Morgan fingerprint density at radius 1 is 1.14 bits per heavy atom. The van der Waals surface area contributed by atoms with Crippen LogP contribution in [-0.4, -0.2) is 73.1 Å². The van der Waals surface area contributed by atoms with Crippen molar-refractivity contribution in [3.63, 3.8) is 0 Å². The number of ether oxygens (including phenoxy) is 2. The first-order valence-corrected chi connectivity index (χ1v) is 11.8. The number of para-hydroxylation sites is 1. The molecule has 2 aliphatic rings. The molecule has 9 heteroatoms. The van der Waals surface area contributed by atoms with E-state index in [1.807, 2.05) is 0 Å². The number of amides is 1. The third-order valence-corrected chi connectivity index (χ3v) is 6.66. The van der Waals surface area contributed by atoms with Gasteiger partial charge in [-0.3, -0.25) is 14.5 Å². The monoisotopic (exact) mass is 496 g/mol. The van der Waals surface area contributed by atoms with Crippen LogP contribution in [0.1, 0.15) is 22.2 Å². The quantitative estimate of drug-likeness (QED) is 0.494. The van der Waals surface area contributed by atoms with Crippen molar-refractivity contribution in [1.82, 2.24) is 9.80 Å². The molecule has 1 saturated heterocycles. The molecule has 1 atom stereocenters. The molecule has 3 heterocycles. The highest BCUT2D eigenvalue weighted by atomic mass is 35.5. The number of methoxy groups -OCH3 is 1. The Bertz CT molecular complexity index is 1310. The number of furan rings is 1.